The van der Waals surface area contributed by atoms with Gasteiger partial charge in [-0.3, -0.25) is 4.79 Å². The average molecular weight is 350 g/mol. The summed E-state index contributed by atoms with van der Waals surface area (Å²) in [5, 5.41) is 11.7. The van der Waals surface area contributed by atoms with Crippen molar-refractivity contribution in [3.8, 4) is 0 Å². The Morgan fingerprint density at radius 3 is 2.96 bits per heavy atom. The number of nitrogens with one attached hydrogen (secondary N) is 2. The smallest absolute Gasteiger partial charge is 0.241 e. The molecule has 2 aromatic rings. The summed E-state index contributed by atoms with van der Waals surface area (Å²) in [6.45, 7) is 2.59. The van der Waals surface area contributed by atoms with Crippen LogP contribution < -0.4 is 10.6 Å². The van der Waals surface area contributed by atoms with E-state index in [1.807, 2.05) is 6.07 Å². The lowest BCUT2D eigenvalue weighted by atomic mass is 9.89. The van der Waals surface area contributed by atoms with Gasteiger partial charge in [0.05, 0.1) is 5.39 Å². The molecule has 6 nitrogen and oxygen atoms in total. The van der Waals surface area contributed by atoms with Gasteiger partial charge >= 0.3 is 0 Å². The number of hydrogen-bond acceptors (Lipinski definition) is 4. The molecule has 1 fully saturated rings. The Labute approximate surface area is 147 Å². The fourth-order valence-corrected chi connectivity index (χ4v) is 3.50. The van der Waals surface area contributed by atoms with E-state index in [0.717, 1.165) is 24.4 Å². The molecule has 1 amide bonds. The van der Waals surface area contributed by atoms with E-state index in [-0.39, 0.29) is 12.5 Å². The first-order valence-corrected chi connectivity index (χ1v) is 9.06. The fourth-order valence-electron chi connectivity index (χ4n) is 3.26. The molecule has 0 atom stereocenters. The maximum atomic E-state index is 12.1. The van der Waals surface area contributed by atoms with Crippen molar-refractivity contribution in [2.24, 2.45) is 5.92 Å². The van der Waals surface area contributed by atoms with Crippen molar-refractivity contribution in [3.05, 3.63) is 23.5 Å². The number of pyridine rings is 1. The molecule has 0 radical (unpaired) electrons. The van der Waals surface area contributed by atoms with Gasteiger partial charge in [0, 0.05) is 19.3 Å². The number of nitrogens with zero attached hydrogens (tertiary/aromatic N) is 3. The van der Waals surface area contributed by atoms with Crippen LogP contribution in [0, 0.1) is 5.92 Å². The number of carbonyl (C=O) groups excluding carboxylic acids is 1. The minimum absolute atomic E-state index is 0.0822. The summed E-state index contributed by atoms with van der Waals surface area (Å²) in [5.74, 6) is 0.722. The molecule has 0 spiro atoms. The highest BCUT2D eigenvalue weighted by molar-refractivity contribution is 6.34. The van der Waals surface area contributed by atoms with Crippen LogP contribution in [0.5, 0.6) is 0 Å². The van der Waals surface area contributed by atoms with Crippen LogP contribution in [-0.2, 0) is 11.3 Å². The van der Waals surface area contributed by atoms with Crippen molar-refractivity contribution in [3.63, 3.8) is 0 Å². The van der Waals surface area contributed by atoms with Gasteiger partial charge in [0.15, 0.2) is 10.8 Å². The van der Waals surface area contributed by atoms with Gasteiger partial charge in [-0.2, -0.15) is 5.10 Å². The molecule has 2 aromatic heterocycles. The van der Waals surface area contributed by atoms with E-state index >= 15 is 0 Å². The quantitative estimate of drug-likeness (QED) is 0.753. The van der Waals surface area contributed by atoms with Crippen LogP contribution in [0.25, 0.3) is 11.0 Å². The molecule has 3 rings (SSSR count). The van der Waals surface area contributed by atoms with Crippen molar-refractivity contribution >= 4 is 28.5 Å². The minimum Gasteiger partial charge on any atom is -0.353 e. The molecular weight excluding hydrogens is 326 g/mol. The minimum atomic E-state index is -0.0822. The van der Waals surface area contributed by atoms with Gasteiger partial charge in [0.2, 0.25) is 5.91 Å². The third-order valence-electron chi connectivity index (χ3n) is 4.54. The van der Waals surface area contributed by atoms with Crippen molar-refractivity contribution in [1.82, 2.24) is 25.4 Å². The largest absolute Gasteiger partial charge is 0.353 e. The van der Waals surface area contributed by atoms with Crippen molar-refractivity contribution in [2.75, 3.05) is 19.6 Å². The molecular formula is C17H24ClN5O. The molecule has 1 saturated carbocycles. The summed E-state index contributed by atoms with van der Waals surface area (Å²) in [7, 11) is 0. The van der Waals surface area contributed by atoms with Gasteiger partial charge in [-0.05, 0) is 37.4 Å². The second-order valence-electron chi connectivity index (χ2n) is 6.38. The highest BCUT2D eigenvalue weighted by Crippen LogP contribution is 2.22. The van der Waals surface area contributed by atoms with Crippen LogP contribution in [0.2, 0.25) is 5.15 Å². The predicted molar refractivity (Wildman–Crippen MR) is 95.0 cm³/mol. The number of hydrogen-bond donors (Lipinski definition) is 2. The van der Waals surface area contributed by atoms with E-state index in [1.54, 1.807) is 16.9 Å². The number of rotatable bonds is 7. The molecule has 0 aromatic carbocycles. The summed E-state index contributed by atoms with van der Waals surface area (Å²) in [4.78, 5) is 16.3. The summed E-state index contributed by atoms with van der Waals surface area (Å²) in [6.07, 6.45) is 8.44. The van der Waals surface area contributed by atoms with Gasteiger partial charge in [0.25, 0.3) is 0 Å². The van der Waals surface area contributed by atoms with Crippen LogP contribution in [0.15, 0.2) is 18.3 Å². The standard InChI is InChI=1S/C17H24ClN5O/c18-16-14-7-4-8-21-17(14)23(22-16)12-15(24)20-10-9-19-11-13-5-2-1-3-6-13/h4,7-8,13,19H,1-3,5-6,9-12H2,(H,20,24). The Kier molecular flexibility index (Phi) is 6.04. The second-order valence-corrected chi connectivity index (χ2v) is 6.74. The Morgan fingerprint density at radius 1 is 1.29 bits per heavy atom. The topological polar surface area (TPSA) is 71.8 Å². The lowest BCUT2D eigenvalue weighted by Crippen LogP contribution is -2.35. The zero-order chi connectivity index (χ0) is 16.8. The van der Waals surface area contributed by atoms with E-state index in [0.29, 0.717) is 17.3 Å². The van der Waals surface area contributed by atoms with Crippen LogP contribution in [-0.4, -0.2) is 40.3 Å². The van der Waals surface area contributed by atoms with Gasteiger partial charge in [0.1, 0.15) is 6.54 Å². The van der Waals surface area contributed by atoms with E-state index in [2.05, 4.69) is 20.7 Å². The van der Waals surface area contributed by atoms with Crippen LogP contribution in [0.1, 0.15) is 32.1 Å². The van der Waals surface area contributed by atoms with Gasteiger partial charge in [-0.1, -0.05) is 30.9 Å². The van der Waals surface area contributed by atoms with E-state index in [9.17, 15) is 4.79 Å². The second kappa shape index (κ2) is 8.44. The zero-order valence-corrected chi connectivity index (χ0v) is 14.6. The summed E-state index contributed by atoms with van der Waals surface area (Å²) in [5.41, 5.74) is 0.632. The molecule has 0 aliphatic heterocycles. The first-order chi connectivity index (χ1) is 11.7. The maximum absolute atomic E-state index is 12.1. The Bertz CT molecular complexity index is 681. The van der Waals surface area contributed by atoms with Gasteiger partial charge in [-0.15, -0.1) is 0 Å². The maximum Gasteiger partial charge on any atom is 0.241 e. The van der Waals surface area contributed by atoms with E-state index in [4.69, 9.17) is 11.6 Å². The zero-order valence-electron chi connectivity index (χ0n) is 13.8. The molecule has 1 aliphatic rings. The van der Waals surface area contributed by atoms with E-state index < -0.39 is 0 Å². The molecule has 2 N–H and O–H groups in total. The molecule has 7 heteroatoms. The van der Waals surface area contributed by atoms with Crippen LogP contribution in [0.4, 0.5) is 0 Å². The number of fused-ring (bicyclic) bond motifs is 1. The average Bonchev–Trinajstić information content (AvgIpc) is 2.92. The molecule has 0 unspecified atom stereocenters. The normalized spacial score (nSPS) is 15.7. The van der Waals surface area contributed by atoms with Gasteiger partial charge in [-0.25, -0.2) is 9.67 Å². The van der Waals surface area contributed by atoms with Crippen LogP contribution >= 0.6 is 11.6 Å². The highest BCUT2D eigenvalue weighted by atomic mass is 35.5. The molecule has 24 heavy (non-hydrogen) atoms. The number of halogens is 1. The monoisotopic (exact) mass is 349 g/mol. The van der Waals surface area contributed by atoms with E-state index in [1.165, 1.54) is 32.1 Å². The first-order valence-electron chi connectivity index (χ1n) is 8.68. The predicted octanol–water partition coefficient (Wildman–Crippen LogP) is 2.37. The third-order valence-corrected chi connectivity index (χ3v) is 4.82. The molecule has 2 heterocycles. The van der Waals surface area contributed by atoms with Crippen LogP contribution in [0.3, 0.4) is 0 Å². The summed E-state index contributed by atoms with van der Waals surface area (Å²) < 4.78 is 1.54. The first kappa shape index (κ1) is 17.2. The lowest BCUT2D eigenvalue weighted by Gasteiger charge is -2.21. The Balaban J connectivity index is 1.39. The van der Waals surface area contributed by atoms with Crippen molar-refractivity contribution < 1.29 is 4.79 Å². The molecule has 0 saturated heterocycles. The highest BCUT2D eigenvalue weighted by Gasteiger charge is 2.13. The summed E-state index contributed by atoms with van der Waals surface area (Å²) in [6, 6.07) is 3.65. The summed E-state index contributed by atoms with van der Waals surface area (Å²) >= 11 is 6.07. The Morgan fingerprint density at radius 2 is 2.12 bits per heavy atom. The molecule has 0 bridgehead atoms. The molecule has 130 valence electrons. The Hall–Kier alpha value is -1.66. The van der Waals surface area contributed by atoms with Crippen molar-refractivity contribution in [2.45, 2.75) is 38.6 Å². The van der Waals surface area contributed by atoms with Crippen molar-refractivity contribution in [1.29, 1.82) is 0 Å². The molecule has 1 aliphatic carbocycles. The fraction of sp³-hybridized carbons (Fsp3) is 0.588. The number of aromatic nitrogens is 3. The van der Waals surface area contributed by atoms with Gasteiger partial charge < -0.3 is 10.6 Å². The third kappa shape index (κ3) is 4.45. The number of amides is 1. The SMILES string of the molecule is O=C(Cn1nc(Cl)c2cccnc21)NCCNCC1CCCCC1. The lowest BCUT2D eigenvalue weighted by molar-refractivity contribution is -0.121. The number of carbonyl (C=O) groups is 1.